The minimum Gasteiger partial charge on any atom is -0.497 e. The topological polar surface area (TPSA) is 40.2 Å². The van der Waals surface area contributed by atoms with Crippen LogP contribution in [0, 0.1) is 5.92 Å². The summed E-state index contributed by atoms with van der Waals surface area (Å²) in [6.45, 7) is 22.3. The van der Waals surface area contributed by atoms with Crippen LogP contribution in [0.15, 0.2) is 36.9 Å². The average Bonchev–Trinajstić information content (AvgIpc) is 3.33. The summed E-state index contributed by atoms with van der Waals surface area (Å²) >= 11 is 0. The van der Waals surface area contributed by atoms with Crippen molar-refractivity contribution in [2.45, 2.75) is 90.2 Å². The summed E-state index contributed by atoms with van der Waals surface area (Å²) in [6.07, 6.45) is 1.90. The van der Waals surface area contributed by atoms with Crippen LogP contribution in [0.4, 0.5) is 0 Å². The molecule has 1 aliphatic rings. The summed E-state index contributed by atoms with van der Waals surface area (Å²) in [5, 5.41) is 0.150. The minimum absolute atomic E-state index is 0.0256. The second kappa shape index (κ2) is 8.92. The Balaban J connectivity index is 2.15. The molecule has 0 spiro atoms. The van der Waals surface area contributed by atoms with E-state index in [9.17, 15) is 0 Å². The van der Waals surface area contributed by atoms with Gasteiger partial charge in [-0.25, -0.2) is 0 Å². The first-order chi connectivity index (χ1) is 13.3. The van der Waals surface area contributed by atoms with Crippen LogP contribution in [0.2, 0.25) is 18.1 Å². The zero-order valence-electron chi connectivity index (χ0n) is 19.7. The van der Waals surface area contributed by atoms with E-state index in [4.69, 9.17) is 18.6 Å². The molecule has 5 heteroatoms. The van der Waals surface area contributed by atoms with Crippen LogP contribution in [-0.4, -0.2) is 39.3 Å². The molecule has 4 nitrogen and oxygen atoms in total. The summed E-state index contributed by atoms with van der Waals surface area (Å²) in [6, 6.07) is 8.01. The molecular formula is C24H40O4Si. The van der Waals surface area contributed by atoms with Gasteiger partial charge in [-0.1, -0.05) is 45.9 Å². The molecule has 1 aliphatic heterocycles. The molecule has 0 N–H and O–H groups in total. The van der Waals surface area contributed by atoms with E-state index in [1.165, 1.54) is 0 Å². The Morgan fingerprint density at radius 1 is 1.21 bits per heavy atom. The Labute approximate surface area is 178 Å². The van der Waals surface area contributed by atoms with Crippen molar-refractivity contribution in [2.24, 2.45) is 5.92 Å². The zero-order valence-corrected chi connectivity index (χ0v) is 20.7. The van der Waals surface area contributed by atoms with Crippen LogP contribution in [-0.2, 0) is 20.5 Å². The second-order valence-corrected chi connectivity index (χ2v) is 14.7. The van der Waals surface area contributed by atoms with Gasteiger partial charge in [0.1, 0.15) is 11.4 Å². The predicted octanol–water partition coefficient (Wildman–Crippen LogP) is 5.97. The van der Waals surface area contributed by atoms with Gasteiger partial charge in [0, 0.05) is 5.92 Å². The molecule has 164 valence electrons. The number of epoxide rings is 1. The van der Waals surface area contributed by atoms with Gasteiger partial charge < -0.3 is 18.6 Å². The van der Waals surface area contributed by atoms with Crippen molar-refractivity contribution < 1.29 is 18.6 Å². The fourth-order valence-electron chi connectivity index (χ4n) is 3.54. The van der Waals surface area contributed by atoms with E-state index < -0.39 is 8.32 Å². The first-order valence-electron chi connectivity index (χ1n) is 10.6. The Bertz CT molecular complexity index is 679. The van der Waals surface area contributed by atoms with Gasteiger partial charge in [0.2, 0.25) is 0 Å². The third-order valence-electron chi connectivity index (χ3n) is 6.64. The molecule has 29 heavy (non-hydrogen) atoms. The van der Waals surface area contributed by atoms with Gasteiger partial charge >= 0.3 is 0 Å². The molecule has 1 heterocycles. The first kappa shape index (κ1) is 24.1. The van der Waals surface area contributed by atoms with Crippen molar-refractivity contribution in [1.29, 1.82) is 0 Å². The zero-order chi connectivity index (χ0) is 22.0. The average molecular weight is 421 g/mol. The van der Waals surface area contributed by atoms with E-state index in [0.717, 1.165) is 11.3 Å². The lowest BCUT2D eigenvalue weighted by Gasteiger charge is -2.41. The van der Waals surface area contributed by atoms with Gasteiger partial charge in [-0.15, -0.1) is 6.58 Å². The van der Waals surface area contributed by atoms with E-state index in [-0.39, 0.29) is 34.9 Å². The van der Waals surface area contributed by atoms with Crippen LogP contribution in [0.25, 0.3) is 0 Å². The quantitative estimate of drug-likeness (QED) is 0.266. The molecule has 2 rings (SSSR count). The maximum atomic E-state index is 6.70. The Morgan fingerprint density at radius 3 is 2.24 bits per heavy atom. The van der Waals surface area contributed by atoms with E-state index in [2.05, 4.69) is 61.2 Å². The second-order valence-electron chi connectivity index (χ2n) is 9.99. The SMILES string of the molecule is C=C[C@]1(C)O[C@H]1[C@H](C)[C@@H](OCc1ccc(OC)cc1)[C@H](C)O[Si](C)(C)C(C)(C)C. The lowest BCUT2D eigenvalue weighted by Crippen LogP contribution is -2.48. The van der Waals surface area contributed by atoms with E-state index in [0.29, 0.717) is 6.61 Å². The minimum atomic E-state index is -1.91. The first-order valence-corrected chi connectivity index (χ1v) is 13.5. The van der Waals surface area contributed by atoms with E-state index in [1.54, 1.807) is 7.11 Å². The van der Waals surface area contributed by atoms with Crippen LogP contribution < -0.4 is 4.74 Å². The molecule has 0 saturated carbocycles. The Morgan fingerprint density at radius 2 is 1.79 bits per heavy atom. The van der Waals surface area contributed by atoms with Crippen LogP contribution in [0.5, 0.6) is 5.75 Å². The van der Waals surface area contributed by atoms with Gasteiger partial charge in [0.25, 0.3) is 0 Å². The van der Waals surface area contributed by atoms with Crippen LogP contribution in [0.1, 0.15) is 47.1 Å². The summed E-state index contributed by atoms with van der Waals surface area (Å²) in [7, 11) is -0.237. The summed E-state index contributed by atoms with van der Waals surface area (Å²) in [4.78, 5) is 0. The third-order valence-corrected chi connectivity index (χ3v) is 11.2. The number of benzene rings is 1. The highest BCUT2D eigenvalue weighted by molar-refractivity contribution is 6.74. The van der Waals surface area contributed by atoms with Crippen molar-refractivity contribution in [2.75, 3.05) is 7.11 Å². The third kappa shape index (κ3) is 5.72. The lowest BCUT2D eigenvalue weighted by atomic mass is 9.90. The summed E-state index contributed by atoms with van der Waals surface area (Å²) in [5.74, 6) is 1.04. The van der Waals surface area contributed by atoms with Gasteiger partial charge in [0.15, 0.2) is 8.32 Å². The van der Waals surface area contributed by atoms with Crippen molar-refractivity contribution >= 4 is 8.32 Å². The molecule has 0 bridgehead atoms. The van der Waals surface area contributed by atoms with E-state index in [1.807, 2.05) is 30.3 Å². The van der Waals surface area contributed by atoms with Crippen LogP contribution in [0.3, 0.4) is 0 Å². The normalized spacial score (nSPS) is 25.2. The van der Waals surface area contributed by atoms with Gasteiger partial charge in [-0.3, -0.25) is 0 Å². The molecule has 0 radical (unpaired) electrons. The summed E-state index contributed by atoms with van der Waals surface area (Å²) in [5.41, 5.74) is 0.850. The number of hydrogen-bond acceptors (Lipinski definition) is 4. The van der Waals surface area contributed by atoms with Crippen molar-refractivity contribution in [3.05, 3.63) is 42.5 Å². The standard InChI is InChI=1S/C24H40O4Si/c1-11-24(7)22(27-24)17(2)21(18(3)28-29(9,10)23(4,5)6)26-16-19-12-14-20(25-8)15-13-19/h11-15,17-18,21-22H,1,16H2,2-10H3/t17-,18+,21-,22+,24+/m1/s1. The number of ether oxygens (including phenoxy) is 3. The number of hydrogen-bond donors (Lipinski definition) is 0. The highest BCUT2D eigenvalue weighted by Gasteiger charge is 2.55. The fraction of sp³-hybridized carbons (Fsp3) is 0.667. The highest BCUT2D eigenvalue weighted by atomic mass is 28.4. The van der Waals surface area contributed by atoms with Gasteiger partial charge in [-0.05, 0) is 49.7 Å². The number of rotatable bonds is 10. The molecule has 5 atom stereocenters. The van der Waals surface area contributed by atoms with Crippen molar-refractivity contribution in [1.82, 2.24) is 0 Å². The summed E-state index contributed by atoms with van der Waals surface area (Å²) < 4.78 is 24.4. The predicted molar refractivity (Wildman–Crippen MR) is 122 cm³/mol. The maximum absolute atomic E-state index is 6.70. The molecule has 0 aliphatic carbocycles. The largest absolute Gasteiger partial charge is 0.497 e. The monoisotopic (exact) mass is 420 g/mol. The molecule has 0 unspecified atom stereocenters. The fourth-order valence-corrected chi connectivity index (χ4v) is 4.96. The maximum Gasteiger partial charge on any atom is 0.192 e. The van der Waals surface area contributed by atoms with E-state index >= 15 is 0 Å². The van der Waals surface area contributed by atoms with Gasteiger partial charge in [-0.2, -0.15) is 0 Å². The molecule has 0 amide bonds. The number of methoxy groups -OCH3 is 1. The highest BCUT2D eigenvalue weighted by Crippen LogP contribution is 2.45. The molecule has 1 aromatic carbocycles. The van der Waals surface area contributed by atoms with Crippen molar-refractivity contribution in [3.63, 3.8) is 0 Å². The lowest BCUT2D eigenvalue weighted by molar-refractivity contribution is -0.0661. The molecular weight excluding hydrogens is 380 g/mol. The molecule has 0 aromatic heterocycles. The van der Waals surface area contributed by atoms with Crippen molar-refractivity contribution in [3.8, 4) is 5.75 Å². The molecule has 1 aromatic rings. The van der Waals surface area contributed by atoms with Gasteiger partial charge in [0.05, 0.1) is 32.0 Å². The smallest absolute Gasteiger partial charge is 0.192 e. The Hall–Kier alpha value is -1.14. The molecule has 1 fully saturated rings. The molecule has 1 saturated heterocycles. The Kier molecular flexibility index (Phi) is 7.43. The van der Waals surface area contributed by atoms with Crippen LogP contribution >= 0.6 is 0 Å².